The molecule has 0 bridgehead atoms. The zero-order chi connectivity index (χ0) is 19.3. The van der Waals surface area contributed by atoms with Crippen molar-refractivity contribution in [3.8, 4) is 11.5 Å². The van der Waals surface area contributed by atoms with Crippen molar-refractivity contribution in [2.24, 2.45) is 0 Å². The third-order valence-electron chi connectivity index (χ3n) is 5.02. The number of carbonyl (C=O) groups excluding carboxylic acids is 1. The summed E-state index contributed by atoms with van der Waals surface area (Å²) in [7, 11) is 0. The van der Waals surface area contributed by atoms with E-state index in [0.29, 0.717) is 11.9 Å². The maximum absolute atomic E-state index is 12.2. The molecule has 3 aromatic rings. The second kappa shape index (κ2) is 8.71. The fraction of sp³-hybridized carbons (Fsp3) is 0.364. The SMILES string of the molecule is CCCNC(=O)c1ccc(C2CCCN2Cc2coc(-c3ccccc3)n2)s1. The van der Waals surface area contributed by atoms with Gasteiger partial charge in [-0.25, -0.2) is 4.98 Å². The van der Waals surface area contributed by atoms with E-state index >= 15 is 0 Å². The Morgan fingerprint density at radius 2 is 2.14 bits per heavy atom. The number of amides is 1. The molecule has 1 fully saturated rings. The molecule has 2 aromatic heterocycles. The van der Waals surface area contributed by atoms with E-state index in [9.17, 15) is 4.79 Å². The Labute approximate surface area is 169 Å². The van der Waals surface area contributed by atoms with Crippen molar-refractivity contribution in [2.45, 2.75) is 38.8 Å². The maximum atomic E-state index is 12.2. The van der Waals surface area contributed by atoms with E-state index in [1.807, 2.05) is 36.4 Å². The molecule has 0 saturated carbocycles. The largest absolute Gasteiger partial charge is 0.444 e. The summed E-state index contributed by atoms with van der Waals surface area (Å²) in [5, 5.41) is 2.96. The van der Waals surface area contributed by atoms with Crippen molar-refractivity contribution in [1.82, 2.24) is 15.2 Å². The minimum absolute atomic E-state index is 0.0339. The van der Waals surface area contributed by atoms with Gasteiger partial charge in [0.05, 0.1) is 10.6 Å². The first kappa shape index (κ1) is 18.9. The summed E-state index contributed by atoms with van der Waals surface area (Å²) in [6, 6.07) is 14.4. The van der Waals surface area contributed by atoms with Gasteiger partial charge >= 0.3 is 0 Å². The summed E-state index contributed by atoms with van der Waals surface area (Å²) in [6.45, 7) is 4.57. The second-order valence-corrected chi connectivity index (χ2v) is 8.21. The number of hydrogen-bond donors (Lipinski definition) is 1. The molecule has 3 heterocycles. The third-order valence-corrected chi connectivity index (χ3v) is 6.20. The lowest BCUT2D eigenvalue weighted by atomic mass is 10.2. The highest BCUT2D eigenvalue weighted by molar-refractivity contribution is 7.14. The molecule has 0 spiro atoms. The molecule has 146 valence electrons. The van der Waals surface area contributed by atoms with Gasteiger partial charge in [0, 0.05) is 29.6 Å². The van der Waals surface area contributed by atoms with Gasteiger partial charge in [0.2, 0.25) is 5.89 Å². The van der Waals surface area contributed by atoms with Crippen molar-refractivity contribution in [3.05, 3.63) is 64.2 Å². The first-order valence-electron chi connectivity index (χ1n) is 9.86. The lowest BCUT2D eigenvalue weighted by Gasteiger charge is -2.22. The molecule has 1 saturated heterocycles. The van der Waals surface area contributed by atoms with Gasteiger partial charge in [-0.05, 0) is 50.1 Å². The molecule has 0 aliphatic carbocycles. The minimum Gasteiger partial charge on any atom is -0.444 e. The number of rotatable bonds is 7. The first-order valence-corrected chi connectivity index (χ1v) is 10.7. The Bertz CT molecular complexity index is 919. The number of likely N-dealkylation sites (tertiary alicyclic amines) is 1. The van der Waals surface area contributed by atoms with Crippen molar-refractivity contribution in [1.29, 1.82) is 0 Å². The van der Waals surface area contributed by atoms with Gasteiger partial charge in [-0.15, -0.1) is 11.3 Å². The van der Waals surface area contributed by atoms with Gasteiger partial charge in [-0.3, -0.25) is 9.69 Å². The molecule has 1 N–H and O–H groups in total. The van der Waals surface area contributed by atoms with Gasteiger partial charge in [0.15, 0.2) is 0 Å². The maximum Gasteiger partial charge on any atom is 0.261 e. The highest BCUT2D eigenvalue weighted by Crippen LogP contribution is 2.37. The van der Waals surface area contributed by atoms with E-state index < -0.39 is 0 Å². The van der Waals surface area contributed by atoms with Crippen LogP contribution in [0.4, 0.5) is 0 Å². The molecule has 4 rings (SSSR count). The number of aromatic nitrogens is 1. The molecular formula is C22H25N3O2S. The highest BCUT2D eigenvalue weighted by Gasteiger charge is 2.28. The molecule has 1 atom stereocenters. The van der Waals surface area contributed by atoms with Crippen LogP contribution in [0.3, 0.4) is 0 Å². The second-order valence-electron chi connectivity index (χ2n) is 7.10. The Kier molecular flexibility index (Phi) is 5.88. The smallest absolute Gasteiger partial charge is 0.261 e. The lowest BCUT2D eigenvalue weighted by molar-refractivity contribution is 0.0957. The van der Waals surface area contributed by atoms with Gasteiger partial charge < -0.3 is 9.73 Å². The van der Waals surface area contributed by atoms with Gasteiger partial charge in [-0.2, -0.15) is 0 Å². The predicted molar refractivity (Wildman–Crippen MR) is 111 cm³/mol. The Balaban J connectivity index is 1.44. The fourth-order valence-corrected chi connectivity index (χ4v) is 4.71. The molecule has 5 nitrogen and oxygen atoms in total. The number of nitrogens with one attached hydrogen (secondary N) is 1. The zero-order valence-electron chi connectivity index (χ0n) is 16.1. The van der Waals surface area contributed by atoms with Gasteiger partial charge in [0.25, 0.3) is 5.91 Å². The molecule has 28 heavy (non-hydrogen) atoms. The summed E-state index contributed by atoms with van der Waals surface area (Å²) < 4.78 is 5.69. The highest BCUT2D eigenvalue weighted by atomic mass is 32.1. The number of carbonyl (C=O) groups is 1. The quantitative estimate of drug-likeness (QED) is 0.619. The molecule has 0 radical (unpaired) electrons. The number of oxazole rings is 1. The number of benzene rings is 1. The summed E-state index contributed by atoms with van der Waals surface area (Å²) in [4.78, 5) is 21.4. The Morgan fingerprint density at radius 3 is 2.96 bits per heavy atom. The van der Waals surface area contributed by atoms with Crippen LogP contribution >= 0.6 is 11.3 Å². The normalized spacial score (nSPS) is 17.1. The molecule has 1 aliphatic rings. The molecule has 6 heteroatoms. The molecule has 1 amide bonds. The van der Waals surface area contributed by atoms with E-state index in [4.69, 9.17) is 4.42 Å². The van der Waals surface area contributed by atoms with Crippen LogP contribution in [0.25, 0.3) is 11.5 Å². The first-order chi connectivity index (χ1) is 13.7. The van der Waals surface area contributed by atoms with Crippen LogP contribution < -0.4 is 5.32 Å². The minimum atomic E-state index is 0.0339. The van der Waals surface area contributed by atoms with E-state index in [0.717, 1.165) is 55.0 Å². The zero-order valence-corrected chi connectivity index (χ0v) is 16.9. The number of hydrogen-bond acceptors (Lipinski definition) is 5. The fourth-order valence-electron chi connectivity index (χ4n) is 3.62. The van der Waals surface area contributed by atoms with Crippen LogP contribution in [0, 0.1) is 0 Å². The third kappa shape index (κ3) is 4.18. The van der Waals surface area contributed by atoms with Crippen molar-refractivity contribution in [2.75, 3.05) is 13.1 Å². The average molecular weight is 396 g/mol. The van der Waals surface area contributed by atoms with E-state index in [2.05, 4.69) is 28.2 Å². The molecule has 1 unspecified atom stereocenters. The van der Waals surface area contributed by atoms with Crippen LogP contribution in [-0.4, -0.2) is 28.9 Å². The molecule has 1 aliphatic heterocycles. The van der Waals surface area contributed by atoms with E-state index in [1.54, 1.807) is 17.6 Å². The Morgan fingerprint density at radius 1 is 1.29 bits per heavy atom. The molecular weight excluding hydrogens is 370 g/mol. The van der Waals surface area contributed by atoms with Crippen LogP contribution in [0.5, 0.6) is 0 Å². The summed E-state index contributed by atoms with van der Waals surface area (Å²) in [5.41, 5.74) is 1.94. The van der Waals surface area contributed by atoms with Crippen LogP contribution in [-0.2, 0) is 6.54 Å². The van der Waals surface area contributed by atoms with Crippen LogP contribution in [0.15, 0.2) is 53.1 Å². The monoisotopic (exact) mass is 395 g/mol. The molecule has 1 aromatic carbocycles. The summed E-state index contributed by atoms with van der Waals surface area (Å²) >= 11 is 1.61. The van der Waals surface area contributed by atoms with Crippen molar-refractivity contribution in [3.63, 3.8) is 0 Å². The topological polar surface area (TPSA) is 58.4 Å². The van der Waals surface area contributed by atoms with Gasteiger partial charge in [0.1, 0.15) is 6.26 Å². The predicted octanol–water partition coefficient (Wildman–Crippen LogP) is 4.88. The number of nitrogens with zero attached hydrogens (tertiary/aromatic N) is 2. The lowest BCUT2D eigenvalue weighted by Crippen LogP contribution is -2.23. The van der Waals surface area contributed by atoms with E-state index in [-0.39, 0.29) is 5.91 Å². The standard InChI is InChI=1S/C22H25N3O2S/c1-2-12-23-21(26)20-11-10-19(28-20)18-9-6-13-25(18)14-17-15-27-22(24-17)16-7-4-3-5-8-16/h3-5,7-8,10-11,15,18H,2,6,9,12-14H2,1H3,(H,23,26). The van der Waals surface area contributed by atoms with Crippen molar-refractivity contribution >= 4 is 17.2 Å². The van der Waals surface area contributed by atoms with Crippen molar-refractivity contribution < 1.29 is 9.21 Å². The average Bonchev–Trinajstić information content (AvgIpc) is 3.47. The van der Waals surface area contributed by atoms with E-state index in [1.165, 1.54) is 4.88 Å². The van der Waals surface area contributed by atoms with Gasteiger partial charge in [-0.1, -0.05) is 25.1 Å². The van der Waals surface area contributed by atoms with Crippen LogP contribution in [0.2, 0.25) is 0 Å². The number of thiophene rings is 1. The summed E-state index contributed by atoms with van der Waals surface area (Å²) in [5.74, 6) is 0.698. The Hall–Kier alpha value is -2.44. The van der Waals surface area contributed by atoms with Crippen LogP contribution in [0.1, 0.15) is 52.5 Å². The summed E-state index contributed by atoms with van der Waals surface area (Å²) in [6.07, 6.45) is 4.97.